The fourth-order valence-corrected chi connectivity index (χ4v) is 3.76. The van der Waals surface area contributed by atoms with Crippen molar-refractivity contribution in [3.63, 3.8) is 0 Å². The lowest BCUT2D eigenvalue weighted by atomic mass is 9.76. The van der Waals surface area contributed by atoms with E-state index in [-0.39, 0.29) is 5.41 Å². The average molecular weight is 259 g/mol. The number of nitrogens with one attached hydrogen (secondary N) is 1. The minimum atomic E-state index is 0.0750. The van der Waals surface area contributed by atoms with Gasteiger partial charge in [-0.1, -0.05) is 44.2 Å². The zero-order valence-electron chi connectivity index (χ0n) is 11.5. The van der Waals surface area contributed by atoms with Gasteiger partial charge >= 0.3 is 0 Å². The summed E-state index contributed by atoms with van der Waals surface area (Å²) in [6, 6.07) is 13.3. The first kappa shape index (κ1) is 13.3. The van der Waals surface area contributed by atoms with Crippen LogP contribution in [-0.4, -0.2) is 7.05 Å². The van der Waals surface area contributed by atoms with Crippen molar-refractivity contribution in [1.29, 1.82) is 0 Å². The molecule has 0 fully saturated rings. The molecule has 96 valence electrons. The summed E-state index contributed by atoms with van der Waals surface area (Å²) in [5.74, 6) is 0. The summed E-state index contributed by atoms with van der Waals surface area (Å²) < 4.78 is 0. The molecule has 18 heavy (non-hydrogen) atoms. The van der Waals surface area contributed by atoms with Crippen LogP contribution in [0, 0.1) is 6.92 Å². The molecule has 2 rings (SSSR count). The molecule has 0 saturated carbocycles. The van der Waals surface area contributed by atoms with Crippen molar-refractivity contribution in [2.24, 2.45) is 0 Å². The summed E-state index contributed by atoms with van der Waals surface area (Å²) >= 11 is 1.84. The van der Waals surface area contributed by atoms with E-state index in [1.54, 1.807) is 0 Å². The van der Waals surface area contributed by atoms with E-state index < -0.39 is 0 Å². The van der Waals surface area contributed by atoms with Gasteiger partial charge in [-0.15, -0.1) is 11.3 Å². The van der Waals surface area contributed by atoms with Gasteiger partial charge < -0.3 is 5.32 Å². The van der Waals surface area contributed by atoms with Crippen LogP contribution in [0.5, 0.6) is 0 Å². The Hall–Kier alpha value is -1.12. The van der Waals surface area contributed by atoms with Crippen LogP contribution in [-0.2, 0) is 5.41 Å². The average Bonchev–Trinajstić information content (AvgIpc) is 2.78. The monoisotopic (exact) mass is 259 g/mol. The lowest BCUT2D eigenvalue weighted by molar-refractivity contribution is 0.372. The van der Waals surface area contributed by atoms with Crippen LogP contribution in [0.3, 0.4) is 0 Å². The smallest absolute Gasteiger partial charge is 0.0507 e. The van der Waals surface area contributed by atoms with Crippen molar-refractivity contribution in [2.75, 3.05) is 7.05 Å². The summed E-state index contributed by atoms with van der Waals surface area (Å²) in [4.78, 5) is 1.44. The van der Waals surface area contributed by atoms with E-state index in [1.165, 1.54) is 16.0 Å². The Morgan fingerprint density at radius 2 is 1.78 bits per heavy atom. The highest BCUT2D eigenvalue weighted by molar-refractivity contribution is 7.10. The van der Waals surface area contributed by atoms with Gasteiger partial charge in [0.15, 0.2) is 0 Å². The van der Waals surface area contributed by atoms with Crippen LogP contribution in [0.2, 0.25) is 0 Å². The van der Waals surface area contributed by atoms with Crippen molar-refractivity contribution in [2.45, 2.75) is 32.2 Å². The first-order valence-corrected chi connectivity index (χ1v) is 7.22. The third-order valence-corrected chi connectivity index (χ3v) is 4.78. The van der Waals surface area contributed by atoms with E-state index in [2.05, 4.69) is 74.9 Å². The fourth-order valence-electron chi connectivity index (χ4n) is 2.53. The molecule has 1 unspecified atom stereocenters. The number of rotatable bonds is 4. The molecule has 2 aromatic rings. The SMILES string of the molecule is CNC(c1sccc1C)C(C)(C)c1ccccc1. The Morgan fingerprint density at radius 1 is 1.11 bits per heavy atom. The number of likely N-dealkylation sites (N-methyl/N-ethyl adjacent to an activating group) is 1. The Kier molecular flexibility index (Phi) is 3.88. The molecule has 1 heterocycles. The van der Waals surface area contributed by atoms with Gasteiger partial charge in [0, 0.05) is 10.3 Å². The van der Waals surface area contributed by atoms with Gasteiger partial charge in [-0.3, -0.25) is 0 Å². The quantitative estimate of drug-likeness (QED) is 0.863. The van der Waals surface area contributed by atoms with Crippen molar-refractivity contribution < 1.29 is 0 Å². The zero-order valence-corrected chi connectivity index (χ0v) is 12.3. The predicted octanol–water partition coefficient (Wildman–Crippen LogP) is 4.29. The molecular weight excluding hydrogens is 238 g/mol. The maximum absolute atomic E-state index is 3.49. The van der Waals surface area contributed by atoms with Crippen LogP contribution in [0.15, 0.2) is 41.8 Å². The summed E-state index contributed by atoms with van der Waals surface area (Å²) in [6.07, 6.45) is 0. The minimum Gasteiger partial charge on any atom is -0.312 e. The normalized spacial score (nSPS) is 13.6. The van der Waals surface area contributed by atoms with Crippen LogP contribution >= 0.6 is 11.3 Å². The molecule has 0 radical (unpaired) electrons. The molecule has 1 aromatic heterocycles. The molecule has 0 aliphatic rings. The predicted molar refractivity (Wildman–Crippen MR) is 80.3 cm³/mol. The second kappa shape index (κ2) is 5.25. The number of hydrogen-bond donors (Lipinski definition) is 1. The van der Waals surface area contributed by atoms with Crippen LogP contribution in [0.4, 0.5) is 0 Å². The van der Waals surface area contributed by atoms with E-state index in [0.29, 0.717) is 6.04 Å². The Bertz CT molecular complexity index is 499. The van der Waals surface area contributed by atoms with Gasteiger partial charge in [0.05, 0.1) is 6.04 Å². The molecule has 0 amide bonds. The van der Waals surface area contributed by atoms with Crippen LogP contribution in [0.25, 0.3) is 0 Å². The summed E-state index contributed by atoms with van der Waals surface area (Å²) in [6.45, 7) is 6.81. The van der Waals surface area contributed by atoms with Crippen LogP contribution < -0.4 is 5.32 Å². The molecule has 0 saturated heterocycles. The van der Waals surface area contributed by atoms with Gasteiger partial charge in [-0.25, -0.2) is 0 Å². The van der Waals surface area contributed by atoms with E-state index >= 15 is 0 Å². The van der Waals surface area contributed by atoms with Gasteiger partial charge in [0.2, 0.25) is 0 Å². The van der Waals surface area contributed by atoms with Gasteiger partial charge in [0.1, 0.15) is 0 Å². The molecule has 1 atom stereocenters. The highest BCUT2D eigenvalue weighted by atomic mass is 32.1. The molecule has 2 heteroatoms. The highest BCUT2D eigenvalue weighted by Crippen LogP contribution is 2.39. The second-order valence-electron chi connectivity index (χ2n) is 5.28. The minimum absolute atomic E-state index is 0.0750. The van der Waals surface area contributed by atoms with E-state index in [4.69, 9.17) is 0 Å². The topological polar surface area (TPSA) is 12.0 Å². The third kappa shape index (κ3) is 2.36. The number of thiophene rings is 1. The van der Waals surface area contributed by atoms with Gasteiger partial charge in [-0.05, 0) is 36.5 Å². The maximum Gasteiger partial charge on any atom is 0.0507 e. The number of hydrogen-bond acceptors (Lipinski definition) is 2. The molecule has 0 spiro atoms. The summed E-state index contributed by atoms with van der Waals surface area (Å²) in [5, 5.41) is 5.67. The van der Waals surface area contributed by atoms with Crippen LogP contribution in [0.1, 0.15) is 35.9 Å². The first-order valence-electron chi connectivity index (χ1n) is 6.34. The zero-order chi connectivity index (χ0) is 13.2. The third-order valence-electron chi connectivity index (χ3n) is 3.69. The van der Waals surface area contributed by atoms with E-state index in [9.17, 15) is 0 Å². The molecule has 1 N–H and O–H groups in total. The number of aryl methyl sites for hydroxylation is 1. The lowest BCUT2D eigenvalue weighted by Gasteiger charge is -2.35. The molecule has 1 nitrogen and oxygen atoms in total. The maximum atomic E-state index is 3.49. The molecular formula is C16H21NS. The number of benzene rings is 1. The van der Waals surface area contributed by atoms with E-state index in [1.807, 2.05) is 11.3 Å². The highest BCUT2D eigenvalue weighted by Gasteiger charge is 2.32. The van der Waals surface area contributed by atoms with Crippen molar-refractivity contribution in [1.82, 2.24) is 5.32 Å². The standard InChI is InChI=1S/C16H21NS/c1-12-10-11-18-14(12)15(17-4)16(2,3)13-8-6-5-7-9-13/h5-11,15,17H,1-4H3. The summed E-state index contributed by atoms with van der Waals surface area (Å²) in [7, 11) is 2.05. The Morgan fingerprint density at radius 3 is 2.28 bits per heavy atom. The molecule has 0 aliphatic carbocycles. The lowest BCUT2D eigenvalue weighted by Crippen LogP contribution is -2.35. The Labute approximate surface area is 114 Å². The molecule has 0 bridgehead atoms. The first-order chi connectivity index (χ1) is 8.57. The van der Waals surface area contributed by atoms with Crippen molar-refractivity contribution in [3.8, 4) is 0 Å². The second-order valence-corrected chi connectivity index (χ2v) is 6.22. The fraction of sp³-hybridized carbons (Fsp3) is 0.375. The van der Waals surface area contributed by atoms with Gasteiger partial charge in [0.25, 0.3) is 0 Å². The Balaban J connectivity index is 2.42. The van der Waals surface area contributed by atoms with Crippen molar-refractivity contribution in [3.05, 3.63) is 57.8 Å². The van der Waals surface area contributed by atoms with Gasteiger partial charge in [-0.2, -0.15) is 0 Å². The largest absolute Gasteiger partial charge is 0.312 e. The molecule has 0 aliphatic heterocycles. The summed E-state index contributed by atoms with van der Waals surface area (Å²) in [5.41, 5.74) is 2.83. The van der Waals surface area contributed by atoms with Crippen molar-refractivity contribution >= 4 is 11.3 Å². The molecule has 1 aromatic carbocycles. The van der Waals surface area contributed by atoms with E-state index in [0.717, 1.165) is 0 Å².